The number of thioether (sulfide) groups is 1. The molecule has 1 fully saturated rings. The second-order valence-electron chi connectivity index (χ2n) is 7.02. The van der Waals surface area contributed by atoms with Crippen molar-refractivity contribution < 1.29 is 4.79 Å². The van der Waals surface area contributed by atoms with Crippen LogP contribution in [0.4, 0.5) is 4.79 Å². The Balaban J connectivity index is 2.44. The van der Waals surface area contributed by atoms with Gasteiger partial charge in [-0.3, -0.25) is 0 Å². The molecular formula is C15H31N3OS. The molecule has 0 aliphatic carbocycles. The van der Waals surface area contributed by atoms with Crippen LogP contribution in [0.2, 0.25) is 0 Å². The van der Waals surface area contributed by atoms with Gasteiger partial charge in [0, 0.05) is 12.1 Å². The van der Waals surface area contributed by atoms with E-state index in [9.17, 15) is 4.79 Å². The highest BCUT2D eigenvalue weighted by molar-refractivity contribution is 7.99. The summed E-state index contributed by atoms with van der Waals surface area (Å²) in [5.74, 6) is 2.32. The number of carbonyl (C=O) groups excluding carboxylic acids is 1. The Bertz CT molecular complexity index is 296. The Kier molecular flexibility index (Phi) is 7.17. The molecule has 20 heavy (non-hydrogen) atoms. The number of urea groups is 1. The quantitative estimate of drug-likeness (QED) is 0.820. The molecule has 0 spiro atoms. The van der Waals surface area contributed by atoms with Crippen LogP contribution < -0.4 is 10.6 Å². The van der Waals surface area contributed by atoms with E-state index in [0.29, 0.717) is 6.04 Å². The van der Waals surface area contributed by atoms with E-state index >= 15 is 0 Å². The van der Waals surface area contributed by atoms with Gasteiger partial charge in [-0.15, -0.1) is 0 Å². The van der Waals surface area contributed by atoms with E-state index in [0.717, 1.165) is 37.3 Å². The van der Waals surface area contributed by atoms with Gasteiger partial charge in [0.25, 0.3) is 0 Å². The summed E-state index contributed by atoms with van der Waals surface area (Å²) in [7, 11) is 4.14. The minimum Gasteiger partial charge on any atom is -0.335 e. The lowest BCUT2D eigenvalue weighted by molar-refractivity contribution is 0.203. The summed E-state index contributed by atoms with van der Waals surface area (Å²) in [6.07, 6.45) is 3.16. The van der Waals surface area contributed by atoms with Gasteiger partial charge in [0.2, 0.25) is 0 Å². The number of nitrogens with one attached hydrogen (secondary N) is 2. The lowest BCUT2D eigenvalue weighted by atomic mass is 9.84. The summed E-state index contributed by atoms with van der Waals surface area (Å²) >= 11 is 1.98. The number of rotatable bonds is 5. The first kappa shape index (κ1) is 17.6. The average molecular weight is 302 g/mol. The van der Waals surface area contributed by atoms with Crippen LogP contribution in [0.1, 0.15) is 40.0 Å². The lowest BCUT2D eigenvalue weighted by Crippen LogP contribution is -2.51. The molecule has 1 aliphatic heterocycles. The van der Waals surface area contributed by atoms with Gasteiger partial charge in [-0.2, -0.15) is 11.8 Å². The van der Waals surface area contributed by atoms with Crippen molar-refractivity contribution in [3.63, 3.8) is 0 Å². The van der Waals surface area contributed by atoms with E-state index in [1.807, 2.05) is 11.8 Å². The predicted octanol–water partition coefficient (Wildman–Crippen LogP) is 2.55. The van der Waals surface area contributed by atoms with Crippen molar-refractivity contribution in [1.82, 2.24) is 15.5 Å². The first-order valence-corrected chi connectivity index (χ1v) is 8.74. The van der Waals surface area contributed by atoms with Crippen LogP contribution in [0, 0.1) is 5.41 Å². The number of amides is 2. The molecule has 2 N–H and O–H groups in total. The molecule has 4 nitrogen and oxygen atoms in total. The second kappa shape index (κ2) is 8.13. The predicted molar refractivity (Wildman–Crippen MR) is 88.4 cm³/mol. The molecule has 2 amide bonds. The summed E-state index contributed by atoms with van der Waals surface area (Å²) in [6.45, 7) is 7.54. The smallest absolute Gasteiger partial charge is 0.315 e. The molecule has 0 radical (unpaired) electrons. The fourth-order valence-corrected chi connectivity index (χ4v) is 3.44. The largest absolute Gasteiger partial charge is 0.335 e. The van der Waals surface area contributed by atoms with E-state index < -0.39 is 0 Å². The topological polar surface area (TPSA) is 44.4 Å². The summed E-state index contributed by atoms with van der Waals surface area (Å²) in [5.41, 5.74) is 0.0791. The Morgan fingerprint density at radius 3 is 2.40 bits per heavy atom. The van der Waals surface area contributed by atoms with E-state index in [4.69, 9.17) is 0 Å². The zero-order chi connectivity index (χ0) is 15.2. The minimum absolute atomic E-state index is 0.000538. The van der Waals surface area contributed by atoms with Crippen molar-refractivity contribution in [2.24, 2.45) is 5.41 Å². The van der Waals surface area contributed by atoms with Gasteiger partial charge in [-0.05, 0) is 56.8 Å². The van der Waals surface area contributed by atoms with E-state index in [1.54, 1.807) is 0 Å². The molecule has 1 heterocycles. The Morgan fingerprint density at radius 1 is 1.30 bits per heavy atom. The molecule has 118 valence electrons. The molecule has 0 unspecified atom stereocenters. The molecule has 0 aromatic rings. The third kappa shape index (κ3) is 6.84. The maximum atomic E-state index is 12.2. The van der Waals surface area contributed by atoms with Crippen molar-refractivity contribution in [2.45, 2.75) is 52.1 Å². The molecule has 1 saturated heterocycles. The van der Waals surface area contributed by atoms with Crippen LogP contribution in [-0.4, -0.2) is 55.2 Å². The number of hydrogen-bond donors (Lipinski definition) is 2. The normalized spacial score (nSPS) is 18.9. The average Bonchev–Trinajstić information content (AvgIpc) is 2.34. The van der Waals surface area contributed by atoms with Gasteiger partial charge in [0.15, 0.2) is 0 Å². The number of carbonyl (C=O) groups is 1. The van der Waals surface area contributed by atoms with Crippen LogP contribution in [-0.2, 0) is 0 Å². The van der Waals surface area contributed by atoms with Gasteiger partial charge in [-0.25, -0.2) is 4.79 Å². The Hall–Kier alpha value is -0.420. The lowest BCUT2D eigenvalue weighted by Gasteiger charge is -2.33. The standard InChI is InChI=1S/C15H31N3OS/c1-15(2,3)13(6-9-18(4)5)17-14(19)16-12-7-10-20-11-8-12/h12-13H,6-11H2,1-5H3,(H2,16,17,19)/t13-/m1/s1. The van der Waals surface area contributed by atoms with Crippen LogP contribution in [0.3, 0.4) is 0 Å². The van der Waals surface area contributed by atoms with Gasteiger partial charge in [0.1, 0.15) is 0 Å². The monoisotopic (exact) mass is 301 g/mol. The first-order valence-electron chi connectivity index (χ1n) is 7.58. The SMILES string of the molecule is CN(C)CC[C@@H](NC(=O)NC1CCSCC1)C(C)(C)C. The molecule has 1 rings (SSSR count). The molecule has 0 aromatic carbocycles. The Morgan fingerprint density at radius 2 is 1.90 bits per heavy atom. The van der Waals surface area contributed by atoms with Gasteiger partial charge >= 0.3 is 6.03 Å². The number of hydrogen-bond acceptors (Lipinski definition) is 3. The third-order valence-electron chi connectivity index (χ3n) is 3.77. The molecular weight excluding hydrogens is 270 g/mol. The molecule has 5 heteroatoms. The van der Waals surface area contributed by atoms with Crippen LogP contribution >= 0.6 is 11.8 Å². The second-order valence-corrected chi connectivity index (χ2v) is 8.24. The highest BCUT2D eigenvalue weighted by Gasteiger charge is 2.27. The molecule has 1 atom stereocenters. The summed E-state index contributed by atoms with van der Waals surface area (Å²) in [6, 6.07) is 0.550. The molecule has 1 aliphatic rings. The van der Waals surface area contributed by atoms with E-state index in [-0.39, 0.29) is 17.5 Å². The van der Waals surface area contributed by atoms with E-state index in [1.165, 1.54) is 0 Å². The zero-order valence-corrected chi connectivity index (χ0v) is 14.5. The zero-order valence-electron chi connectivity index (χ0n) is 13.7. The van der Waals surface area contributed by atoms with Crippen molar-refractivity contribution in [3.05, 3.63) is 0 Å². The molecule has 0 aromatic heterocycles. The van der Waals surface area contributed by atoms with Crippen molar-refractivity contribution >= 4 is 17.8 Å². The van der Waals surface area contributed by atoms with E-state index in [2.05, 4.69) is 50.4 Å². The maximum Gasteiger partial charge on any atom is 0.315 e. The highest BCUT2D eigenvalue weighted by Crippen LogP contribution is 2.22. The van der Waals surface area contributed by atoms with Crippen molar-refractivity contribution in [1.29, 1.82) is 0 Å². The minimum atomic E-state index is 0.000538. The first-order chi connectivity index (χ1) is 9.29. The molecule has 0 bridgehead atoms. The van der Waals surface area contributed by atoms with Gasteiger partial charge in [0.05, 0.1) is 0 Å². The fourth-order valence-electron chi connectivity index (χ4n) is 2.34. The van der Waals surface area contributed by atoms with Crippen LogP contribution in [0.5, 0.6) is 0 Å². The number of nitrogens with zero attached hydrogens (tertiary/aromatic N) is 1. The van der Waals surface area contributed by atoms with Crippen molar-refractivity contribution in [3.8, 4) is 0 Å². The summed E-state index contributed by atoms with van der Waals surface area (Å²) in [4.78, 5) is 14.3. The van der Waals surface area contributed by atoms with Crippen molar-refractivity contribution in [2.75, 3.05) is 32.1 Å². The van der Waals surface area contributed by atoms with Crippen LogP contribution in [0.15, 0.2) is 0 Å². The van der Waals surface area contributed by atoms with Gasteiger partial charge in [-0.1, -0.05) is 20.8 Å². The van der Waals surface area contributed by atoms with Gasteiger partial charge < -0.3 is 15.5 Å². The fraction of sp³-hybridized carbons (Fsp3) is 0.933. The van der Waals surface area contributed by atoms with Crippen LogP contribution in [0.25, 0.3) is 0 Å². The third-order valence-corrected chi connectivity index (χ3v) is 4.82. The summed E-state index contributed by atoms with van der Waals surface area (Å²) < 4.78 is 0. The molecule has 0 saturated carbocycles. The Labute approximate surface area is 128 Å². The highest BCUT2D eigenvalue weighted by atomic mass is 32.2. The summed E-state index contributed by atoms with van der Waals surface area (Å²) in [5, 5.41) is 6.31. The maximum absolute atomic E-state index is 12.2.